The third-order valence-electron chi connectivity index (χ3n) is 3.33. The second-order valence-corrected chi connectivity index (χ2v) is 8.25. The Labute approximate surface area is 156 Å². The molecule has 0 aliphatic carbocycles. The van der Waals surface area contributed by atoms with E-state index < -0.39 is 39.9 Å². The SMILES string of the molecule is CN(C)CCCNC(=O)CN(c1cc(C(F)(F)F)ccc1Cl)S(C)(=O)=O. The van der Waals surface area contributed by atoms with E-state index >= 15 is 0 Å². The molecule has 0 saturated heterocycles. The Morgan fingerprint density at radius 1 is 1.27 bits per heavy atom. The van der Waals surface area contributed by atoms with Crippen LogP contribution in [0.15, 0.2) is 18.2 Å². The van der Waals surface area contributed by atoms with Gasteiger partial charge in [-0.2, -0.15) is 13.2 Å². The quantitative estimate of drug-likeness (QED) is 0.661. The van der Waals surface area contributed by atoms with Gasteiger partial charge in [0.2, 0.25) is 15.9 Å². The van der Waals surface area contributed by atoms with Crippen LogP contribution in [0.1, 0.15) is 12.0 Å². The molecule has 0 aliphatic rings. The lowest BCUT2D eigenvalue weighted by Crippen LogP contribution is -2.41. The number of carbonyl (C=O) groups excluding carboxylic acids is 1. The number of rotatable bonds is 8. The molecule has 0 atom stereocenters. The molecule has 1 N–H and O–H groups in total. The normalized spacial score (nSPS) is 12.3. The summed E-state index contributed by atoms with van der Waals surface area (Å²) in [6.45, 7) is 0.363. The van der Waals surface area contributed by atoms with E-state index in [1.165, 1.54) is 0 Å². The summed E-state index contributed by atoms with van der Waals surface area (Å²) >= 11 is 5.88. The van der Waals surface area contributed by atoms with Crippen LogP contribution in [0.5, 0.6) is 0 Å². The summed E-state index contributed by atoms with van der Waals surface area (Å²) < 4.78 is 63.3. The van der Waals surface area contributed by atoms with Crippen molar-refractivity contribution >= 4 is 33.2 Å². The maximum atomic E-state index is 12.9. The van der Waals surface area contributed by atoms with Crippen LogP contribution in [-0.4, -0.2) is 59.2 Å². The molecule has 0 aromatic heterocycles. The average Bonchev–Trinajstić information content (AvgIpc) is 2.47. The van der Waals surface area contributed by atoms with E-state index in [4.69, 9.17) is 11.6 Å². The minimum Gasteiger partial charge on any atom is -0.354 e. The van der Waals surface area contributed by atoms with Crippen LogP contribution in [0.4, 0.5) is 18.9 Å². The number of carbonyl (C=O) groups is 1. The standard InChI is InChI=1S/C15H21ClF3N3O3S/c1-21(2)8-4-7-20-14(23)10-22(26(3,24)25)13-9-11(15(17,18)19)5-6-12(13)16/h5-6,9H,4,7-8,10H2,1-3H3,(H,20,23). The summed E-state index contributed by atoms with van der Waals surface area (Å²) in [5.74, 6) is -0.636. The topological polar surface area (TPSA) is 69.7 Å². The van der Waals surface area contributed by atoms with Gasteiger partial charge in [-0.05, 0) is 45.3 Å². The van der Waals surface area contributed by atoms with Crippen molar-refractivity contribution in [3.05, 3.63) is 28.8 Å². The zero-order chi connectivity index (χ0) is 20.1. The average molecular weight is 416 g/mol. The Bertz CT molecular complexity index is 739. The van der Waals surface area contributed by atoms with Crippen LogP contribution in [0.3, 0.4) is 0 Å². The van der Waals surface area contributed by atoms with E-state index in [2.05, 4.69) is 5.32 Å². The molecule has 0 heterocycles. The van der Waals surface area contributed by atoms with E-state index in [1.807, 2.05) is 19.0 Å². The molecule has 0 fully saturated rings. The van der Waals surface area contributed by atoms with Gasteiger partial charge in [0.15, 0.2) is 0 Å². The number of nitrogens with one attached hydrogen (secondary N) is 1. The van der Waals surface area contributed by atoms with Crippen LogP contribution in [0.2, 0.25) is 5.02 Å². The Balaban J connectivity index is 3.01. The highest BCUT2D eigenvalue weighted by molar-refractivity contribution is 7.92. The summed E-state index contributed by atoms with van der Waals surface area (Å²) in [7, 11) is -0.301. The second kappa shape index (κ2) is 8.92. The highest BCUT2D eigenvalue weighted by Crippen LogP contribution is 2.36. The van der Waals surface area contributed by atoms with Gasteiger partial charge in [-0.3, -0.25) is 9.10 Å². The number of sulfonamides is 1. The Hall–Kier alpha value is -1.52. The molecule has 6 nitrogen and oxygen atoms in total. The smallest absolute Gasteiger partial charge is 0.354 e. The monoisotopic (exact) mass is 415 g/mol. The molecule has 0 aliphatic heterocycles. The van der Waals surface area contributed by atoms with Crippen molar-refractivity contribution in [2.24, 2.45) is 0 Å². The van der Waals surface area contributed by atoms with E-state index in [0.717, 1.165) is 24.9 Å². The molecule has 0 spiro atoms. The van der Waals surface area contributed by atoms with E-state index in [-0.39, 0.29) is 5.02 Å². The van der Waals surface area contributed by atoms with Gasteiger partial charge in [0.25, 0.3) is 0 Å². The molecule has 0 bridgehead atoms. The highest BCUT2D eigenvalue weighted by atomic mass is 35.5. The van der Waals surface area contributed by atoms with Gasteiger partial charge >= 0.3 is 6.18 Å². The first-order valence-electron chi connectivity index (χ1n) is 7.58. The maximum Gasteiger partial charge on any atom is 0.416 e. The summed E-state index contributed by atoms with van der Waals surface area (Å²) in [6.07, 6.45) is -3.23. The van der Waals surface area contributed by atoms with Crippen molar-refractivity contribution < 1.29 is 26.4 Å². The largest absolute Gasteiger partial charge is 0.416 e. The van der Waals surface area contributed by atoms with E-state index in [0.29, 0.717) is 23.3 Å². The minimum absolute atomic E-state index is 0.205. The molecular formula is C15H21ClF3N3O3S. The first-order valence-corrected chi connectivity index (χ1v) is 9.81. The third-order valence-corrected chi connectivity index (χ3v) is 4.78. The third kappa shape index (κ3) is 7.00. The van der Waals surface area contributed by atoms with Crippen LogP contribution in [0, 0.1) is 0 Å². The zero-order valence-electron chi connectivity index (χ0n) is 14.6. The van der Waals surface area contributed by atoms with Gasteiger partial charge in [0.05, 0.1) is 22.5 Å². The summed E-state index contributed by atoms with van der Waals surface area (Å²) in [6, 6.07) is 2.31. The van der Waals surface area contributed by atoms with Crippen LogP contribution in [-0.2, 0) is 21.0 Å². The lowest BCUT2D eigenvalue weighted by Gasteiger charge is -2.24. The number of hydrogen-bond donors (Lipinski definition) is 1. The van der Waals surface area contributed by atoms with Crippen molar-refractivity contribution in [1.29, 1.82) is 0 Å². The van der Waals surface area contributed by atoms with Gasteiger partial charge in [-0.25, -0.2) is 8.42 Å². The van der Waals surface area contributed by atoms with Gasteiger partial charge in [0.1, 0.15) is 6.54 Å². The number of hydrogen-bond acceptors (Lipinski definition) is 4. The first kappa shape index (κ1) is 22.5. The van der Waals surface area contributed by atoms with Crippen LogP contribution >= 0.6 is 11.6 Å². The number of benzene rings is 1. The lowest BCUT2D eigenvalue weighted by atomic mass is 10.2. The van der Waals surface area contributed by atoms with Crippen molar-refractivity contribution in [3.63, 3.8) is 0 Å². The molecule has 1 amide bonds. The second-order valence-electron chi connectivity index (χ2n) is 5.94. The summed E-state index contributed by atoms with van der Waals surface area (Å²) in [5.41, 5.74) is -1.45. The summed E-state index contributed by atoms with van der Waals surface area (Å²) in [4.78, 5) is 13.9. The molecule has 148 valence electrons. The van der Waals surface area contributed by atoms with E-state index in [9.17, 15) is 26.4 Å². The lowest BCUT2D eigenvalue weighted by molar-refractivity contribution is -0.137. The minimum atomic E-state index is -4.67. The number of nitrogens with zero attached hydrogens (tertiary/aromatic N) is 2. The Morgan fingerprint density at radius 3 is 2.38 bits per heavy atom. The molecular weight excluding hydrogens is 395 g/mol. The molecule has 11 heteroatoms. The number of anilines is 1. The molecule has 0 unspecified atom stereocenters. The molecule has 26 heavy (non-hydrogen) atoms. The van der Waals surface area contributed by atoms with Crippen molar-refractivity contribution in [3.8, 4) is 0 Å². The number of alkyl halides is 3. The first-order chi connectivity index (χ1) is 11.8. The van der Waals surface area contributed by atoms with Crippen LogP contribution < -0.4 is 9.62 Å². The molecule has 1 rings (SSSR count). The molecule has 0 saturated carbocycles. The summed E-state index contributed by atoms with van der Waals surface area (Å²) in [5, 5.41) is 2.33. The Kier molecular flexibility index (Phi) is 7.72. The van der Waals surface area contributed by atoms with Crippen molar-refractivity contribution in [1.82, 2.24) is 10.2 Å². The molecule has 1 aromatic rings. The fraction of sp³-hybridized carbons (Fsp3) is 0.533. The zero-order valence-corrected chi connectivity index (χ0v) is 16.2. The van der Waals surface area contributed by atoms with Crippen molar-refractivity contribution in [2.75, 3.05) is 44.3 Å². The molecule has 1 aromatic carbocycles. The fourth-order valence-electron chi connectivity index (χ4n) is 2.07. The highest BCUT2D eigenvalue weighted by Gasteiger charge is 2.33. The van der Waals surface area contributed by atoms with Gasteiger partial charge < -0.3 is 10.2 Å². The van der Waals surface area contributed by atoms with Gasteiger partial charge in [-0.15, -0.1) is 0 Å². The van der Waals surface area contributed by atoms with E-state index in [1.54, 1.807) is 0 Å². The number of halogens is 4. The number of amides is 1. The van der Waals surface area contributed by atoms with Crippen LogP contribution in [0.25, 0.3) is 0 Å². The van der Waals surface area contributed by atoms with Gasteiger partial charge in [-0.1, -0.05) is 11.6 Å². The molecule has 0 radical (unpaired) electrons. The Morgan fingerprint density at radius 2 is 1.88 bits per heavy atom. The fourth-order valence-corrected chi connectivity index (χ4v) is 3.20. The van der Waals surface area contributed by atoms with Crippen molar-refractivity contribution in [2.45, 2.75) is 12.6 Å². The predicted molar refractivity (Wildman–Crippen MR) is 94.8 cm³/mol. The predicted octanol–water partition coefficient (Wildman–Crippen LogP) is 2.19. The maximum absolute atomic E-state index is 12.9. The van der Waals surface area contributed by atoms with Gasteiger partial charge in [0, 0.05) is 6.54 Å².